The van der Waals surface area contributed by atoms with Crippen LogP contribution in [-0.4, -0.2) is 28.4 Å². The average molecular weight is 401 g/mol. The number of nitrogens with one attached hydrogen (secondary N) is 2. The molecule has 3 aromatic rings. The molecule has 8 heteroatoms. The Bertz CT molecular complexity index is 967. The molecule has 0 atom stereocenters. The Balaban J connectivity index is 1.68. The van der Waals surface area contributed by atoms with Crippen molar-refractivity contribution >= 4 is 44.3 Å². The van der Waals surface area contributed by atoms with Crippen molar-refractivity contribution in [3.63, 3.8) is 0 Å². The molecule has 0 bridgehead atoms. The monoisotopic (exact) mass is 400 g/mol. The predicted molar refractivity (Wildman–Crippen MR) is 96.0 cm³/mol. The molecule has 0 saturated heterocycles. The van der Waals surface area contributed by atoms with Gasteiger partial charge >= 0.3 is 0 Å². The summed E-state index contributed by atoms with van der Waals surface area (Å²) in [4.78, 5) is 26.4. The predicted octanol–water partition coefficient (Wildman–Crippen LogP) is 3.68. The van der Waals surface area contributed by atoms with Gasteiger partial charge in [0, 0.05) is 15.4 Å². The minimum Gasteiger partial charge on any atom is -0.493 e. The van der Waals surface area contributed by atoms with E-state index in [1.165, 1.54) is 0 Å². The Morgan fingerprint density at radius 1 is 1.16 bits per heavy atom. The van der Waals surface area contributed by atoms with Gasteiger partial charge in [0.25, 0.3) is 11.8 Å². The van der Waals surface area contributed by atoms with Crippen LogP contribution in [0.2, 0.25) is 0 Å². The number of aromatic amines is 1. The second-order valence-corrected chi connectivity index (χ2v) is 6.07. The lowest BCUT2D eigenvalue weighted by Gasteiger charge is -2.01. The zero-order valence-electron chi connectivity index (χ0n) is 12.9. The van der Waals surface area contributed by atoms with Crippen LogP contribution in [0.1, 0.15) is 10.4 Å². The number of aromatic hydroxyl groups is 1. The molecule has 1 aromatic heterocycles. The van der Waals surface area contributed by atoms with Crippen LogP contribution in [0.3, 0.4) is 0 Å². The molecular formula is C17H13BrN4O3. The summed E-state index contributed by atoms with van der Waals surface area (Å²) in [7, 11) is 0. The quantitative estimate of drug-likeness (QED) is 0.581. The molecule has 0 unspecified atom stereocenters. The first-order valence-electron chi connectivity index (χ1n) is 7.32. The molecule has 0 aliphatic rings. The summed E-state index contributed by atoms with van der Waals surface area (Å²) >= 11 is 3.34. The van der Waals surface area contributed by atoms with Crippen LogP contribution in [-0.2, 0) is 4.79 Å². The molecule has 2 amide bonds. The topological polar surface area (TPSA) is 107 Å². The number of amides is 2. The van der Waals surface area contributed by atoms with Crippen molar-refractivity contribution in [2.75, 3.05) is 6.54 Å². The summed E-state index contributed by atoms with van der Waals surface area (Å²) < 4.78 is 0.803. The number of carbonyl (C=O) groups is 2. The van der Waals surface area contributed by atoms with E-state index in [0.717, 1.165) is 4.47 Å². The fourth-order valence-corrected chi connectivity index (χ4v) is 2.59. The standard InChI is InChI=1S/C17H13BrN4O3/c18-11-6-7-13-12(8-11)15(17(25)20-13)22-21-14(23)9-19-16(24)10-4-2-1-3-5-10/h1-8,20,25H,9H2,(H,19,24). The van der Waals surface area contributed by atoms with E-state index in [4.69, 9.17) is 0 Å². The Morgan fingerprint density at radius 3 is 2.68 bits per heavy atom. The second kappa shape index (κ2) is 7.27. The Hall–Kier alpha value is -3.00. The molecule has 0 spiro atoms. The lowest BCUT2D eigenvalue weighted by molar-refractivity contribution is -0.117. The van der Waals surface area contributed by atoms with Crippen molar-refractivity contribution in [1.29, 1.82) is 0 Å². The zero-order valence-corrected chi connectivity index (χ0v) is 14.4. The van der Waals surface area contributed by atoms with Crippen LogP contribution < -0.4 is 5.32 Å². The van der Waals surface area contributed by atoms with E-state index < -0.39 is 5.91 Å². The van der Waals surface area contributed by atoms with Crippen LogP contribution in [0.15, 0.2) is 63.2 Å². The smallest absolute Gasteiger partial charge is 0.283 e. The van der Waals surface area contributed by atoms with Gasteiger partial charge in [0.15, 0.2) is 5.69 Å². The van der Waals surface area contributed by atoms with Gasteiger partial charge in [0.2, 0.25) is 5.88 Å². The van der Waals surface area contributed by atoms with Gasteiger partial charge in [-0.3, -0.25) is 9.59 Å². The van der Waals surface area contributed by atoms with Gasteiger partial charge < -0.3 is 15.4 Å². The number of azo groups is 1. The number of benzene rings is 2. The van der Waals surface area contributed by atoms with E-state index >= 15 is 0 Å². The highest BCUT2D eigenvalue weighted by Gasteiger charge is 2.12. The number of H-pyrrole nitrogens is 1. The van der Waals surface area contributed by atoms with Gasteiger partial charge in [0.05, 0.1) is 5.52 Å². The zero-order chi connectivity index (χ0) is 17.8. The highest BCUT2D eigenvalue weighted by atomic mass is 79.9. The number of rotatable bonds is 4. The van der Waals surface area contributed by atoms with Crippen LogP contribution in [0.4, 0.5) is 5.69 Å². The molecular weight excluding hydrogens is 388 g/mol. The van der Waals surface area contributed by atoms with E-state index in [1.54, 1.807) is 42.5 Å². The molecule has 0 fully saturated rings. The largest absolute Gasteiger partial charge is 0.493 e. The highest BCUT2D eigenvalue weighted by Crippen LogP contribution is 2.36. The highest BCUT2D eigenvalue weighted by molar-refractivity contribution is 9.10. The van der Waals surface area contributed by atoms with Crippen LogP contribution in [0, 0.1) is 0 Å². The van der Waals surface area contributed by atoms with Crippen molar-refractivity contribution in [2.24, 2.45) is 10.2 Å². The summed E-state index contributed by atoms with van der Waals surface area (Å²) in [5, 5.41) is 20.3. The SMILES string of the molecule is O=C(CNC(=O)c1ccccc1)N=Nc1c(O)[nH]c2ccc(Br)cc12. The van der Waals surface area contributed by atoms with Crippen molar-refractivity contribution < 1.29 is 14.7 Å². The third-order valence-corrected chi connectivity index (χ3v) is 3.91. The summed E-state index contributed by atoms with van der Waals surface area (Å²) in [5.41, 5.74) is 1.28. The fourth-order valence-electron chi connectivity index (χ4n) is 2.23. The number of hydrogen-bond acceptors (Lipinski definition) is 4. The molecule has 0 aliphatic heterocycles. The molecule has 25 heavy (non-hydrogen) atoms. The average Bonchev–Trinajstić information content (AvgIpc) is 2.93. The number of halogens is 1. The minimum absolute atomic E-state index is 0.166. The van der Waals surface area contributed by atoms with Crippen LogP contribution in [0.25, 0.3) is 10.9 Å². The summed E-state index contributed by atoms with van der Waals surface area (Å²) in [5.74, 6) is -1.19. The number of fused-ring (bicyclic) bond motifs is 1. The molecule has 126 valence electrons. The maximum absolute atomic E-state index is 11.9. The van der Waals surface area contributed by atoms with Gasteiger partial charge in [0.1, 0.15) is 6.54 Å². The molecule has 0 radical (unpaired) electrons. The van der Waals surface area contributed by atoms with Crippen LogP contribution >= 0.6 is 15.9 Å². The van der Waals surface area contributed by atoms with Gasteiger partial charge in [-0.15, -0.1) is 10.2 Å². The first-order valence-corrected chi connectivity index (χ1v) is 8.12. The van der Waals surface area contributed by atoms with E-state index in [9.17, 15) is 14.7 Å². The maximum Gasteiger partial charge on any atom is 0.283 e. The number of carbonyl (C=O) groups excluding carboxylic acids is 2. The molecule has 0 aliphatic carbocycles. The molecule has 3 rings (SSSR count). The summed E-state index contributed by atoms with van der Waals surface area (Å²) in [6.07, 6.45) is 0. The van der Waals surface area contributed by atoms with Gasteiger partial charge in [-0.25, -0.2) is 0 Å². The van der Waals surface area contributed by atoms with Gasteiger partial charge in [-0.1, -0.05) is 34.1 Å². The van der Waals surface area contributed by atoms with Crippen molar-refractivity contribution in [2.45, 2.75) is 0 Å². The van der Waals surface area contributed by atoms with E-state index in [0.29, 0.717) is 16.5 Å². The van der Waals surface area contributed by atoms with E-state index in [2.05, 4.69) is 36.5 Å². The fraction of sp³-hybridized carbons (Fsp3) is 0.0588. The number of nitrogens with zero attached hydrogens (tertiary/aromatic N) is 2. The molecule has 3 N–H and O–H groups in total. The minimum atomic E-state index is -0.631. The van der Waals surface area contributed by atoms with E-state index in [1.807, 2.05) is 6.07 Å². The number of hydrogen-bond donors (Lipinski definition) is 3. The second-order valence-electron chi connectivity index (χ2n) is 5.15. The third-order valence-electron chi connectivity index (χ3n) is 3.41. The molecule has 2 aromatic carbocycles. The molecule has 1 heterocycles. The Kier molecular flexibility index (Phi) is 4.90. The van der Waals surface area contributed by atoms with E-state index in [-0.39, 0.29) is 24.0 Å². The first kappa shape index (κ1) is 16.8. The normalized spacial score (nSPS) is 11.1. The third kappa shape index (κ3) is 3.92. The maximum atomic E-state index is 11.9. The van der Waals surface area contributed by atoms with Gasteiger partial charge in [-0.05, 0) is 30.3 Å². The summed E-state index contributed by atoms with van der Waals surface area (Å²) in [6.45, 7) is -0.288. The lowest BCUT2D eigenvalue weighted by atomic mass is 10.2. The van der Waals surface area contributed by atoms with Crippen molar-refractivity contribution in [1.82, 2.24) is 10.3 Å². The lowest BCUT2D eigenvalue weighted by Crippen LogP contribution is -2.28. The number of aromatic nitrogens is 1. The summed E-state index contributed by atoms with van der Waals surface area (Å²) in [6, 6.07) is 13.9. The van der Waals surface area contributed by atoms with Crippen LogP contribution in [0.5, 0.6) is 5.88 Å². The molecule has 7 nitrogen and oxygen atoms in total. The first-order chi connectivity index (χ1) is 12.0. The van der Waals surface area contributed by atoms with Crippen molar-refractivity contribution in [3.05, 3.63) is 58.6 Å². The Labute approximate surface area is 150 Å². The Morgan fingerprint density at radius 2 is 1.92 bits per heavy atom. The van der Waals surface area contributed by atoms with Gasteiger partial charge in [-0.2, -0.15) is 0 Å². The van der Waals surface area contributed by atoms with Crippen molar-refractivity contribution in [3.8, 4) is 5.88 Å². The molecule has 0 saturated carbocycles.